The predicted octanol–water partition coefficient (Wildman–Crippen LogP) is -0.557. The molecule has 20 nitrogen and oxygen atoms in total. The highest BCUT2D eigenvalue weighted by Gasteiger charge is 2.66. The smallest absolute Gasteiger partial charge is 0.350 e. The SMILES string of the molecule is CNC(=O)/C(=N\N1CCN([C@]2(C(=O)O)CN3C(=O)[C@@H](NC(=O)/C(=N\OC(C)(C)C(=O)O)c4csc(N)n4)[C@H]3S2)C1=O)c1ccc(O)c(O)c1Cl. The Morgan fingerprint density at radius 1 is 1.14 bits per heavy atom. The quantitative estimate of drug-likeness (QED) is 0.0656. The number of thiazole rings is 1. The lowest BCUT2D eigenvalue weighted by molar-refractivity contribution is -0.161. The molecule has 23 heteroatoms. The Balaban J connectivity index is 1.38. The van der Waals surface area contributed by atoms with Crippen LogP contribution in [0.3, 0.4) is 0 Å². The number of aromatic hydroxyl groups is 2. The lowest BCUT2D eigenvalue weighted by atomic mass is 10.1. The molecular weight excluding hydrogens is 726 g/mol. The highest BCUT2D eigenvalue weighted by molar-refractivity contribution is 8.02. The summed E-state index contributed by atoms with van der Waals surface area (Å²) in [5.74, 6) is -6.65. The van der Waals surface area contributed by atoms with E-state index in [1.165, 1.54) is 37.2 Å². The van der Waals surface area contributed by atoms with Gasteiger partial charge in [0, 0.05) is 24.5 Å². The number of hydrogen-bond acceptors (Lipinski definition) is 15. The van der Waals surface area contributed by atoms with Gasteiger partial charge < -0.3 is 46.5 Å². The number of carboxylic acids is 2. The van der Waals surface area contributed by atoms with E-state index >= 15 is 0 Å². The van der Waals surface area contributed by atoms with Crippen LogP contribution in [0.4, 0.5) is 9.93 Å². The van der Waals surface area contributed by atoms with Gasteiger partial charge in [-0.2, -0.15) is 5.10 Å². The molecule has 0 unspecified atom stereocenters. The number of hydrogen-bond donors (Lipinski definition) is 7. The number of carboxylic acid groups (broad SMARTS) is 2. The summed E-state index contributed by atoms with van der Waals surface area (Å²) < 4.78 is 0. The number of carbonyl (C=O) groups is 6. The zero-order valence-corrected chi connectivity index (χ0v) is 28.5. The molecule has 3 saturated heterocycles. The highest BCUT2D eigenvalue weighted by atomic mass is 35.5. The van der Waals surface area contributed by atoms with Crippen LogP contribution < -0.4 is 16.4 Å². The Morgan fingerprint density at radius 2 is 1.84 bits per heavy atom. The molecule has 50 heavy (non-hydrogen) atoms. The highest BCUT2D eigenvalue weighted by Crippen LogP contribution is 2.49. The third-order valence-corrected chi connectivity index (χ3v) is 10.5. The number of rotatable bonds is 11. The minimum absolute atomic E-state index is 0.0573. The molecule has 0 spiro atoms. The number of likely N-dealkylation sites (N-methyl/N-ethyl adjacent to an activating group) is 1. The van der Waals surface area contributed by atoms with Crippen molar-refractivity contribution >= 4 is 86.9 Å². The van der Waals surface area contributed by atoms with Crippen molar-refractivity contribution in [2.45, 2.75) is 35.7 Å². The number of nitrogens with one attached hydrogen (secondary N) is 2. The van der Waals surface area contributed by atoms with Gasteiger partial charge in [-0.25, -0.2) is 24.4 Å². The van der Waals surface area contributed by atoms with E-state index in [-0.39, 0.29) is 29.5 Å². The van der Waals surface area contributed by atoms with Crippen molar-refractivity contribution in [2.75, 3.05) is 32.4 Å². The van der Waals surface area contributed by atoms with Crippen LogP contribution >= 0.6 is 34.7 Å². The molecule has 4 heterocycles. The normalized spacial score (nSPS) is 22.3. The third-order valence-electron chi connectivity index (χ3n) is 7.76. The number of nitrogens with two attached hydrogens (primary N) is 1. The van der Waals surface area contributed by atoms with E-state index in [1.807, 2.05) is 0 Å². The Kier molecular flexibility index (Phi) is 9.47. The first kappa shape index (κ1) is 35.9. The lowest BCUT2D eigenvalue weighted by Gasteiger charge is -2.41. The second-order valence-corrected chi connectivity index (χ2v) is 14.0. The fourth-order valence-corrected chi connectivity index (χ4v) is 7.40. The molecule has 3 atom stereocenters. The number of nitrogen functional groups attached to an aromatic ring is 1. The average molecular weight is 754 g/mol. The van der Waals surface area contributed by atoms with Gasteiger partial charge in [-0.3, -0.25) is 19.3 Å². The molecule has 3 aliphatic rings. The summed E-state index contributed by atoms with van der Waals surface area (Å²) in [4.78, 5) is 86.5. The van der Waals surface area contributed by atoms with Crippen LogP contribution in [-0.2, 0) is 28.8 Å². The zero-order chi connectivity index (χ0) is 36.9. The summed E-state index contributed by atoms with van der Waals surface area (Å²) >= 11 is 7.81. The summed E-state index contributed by atoms with van der Waals surface area (Å²) in [7, 11) is 1.28. The number of phenolic OH excluding ortho intramolecular Hbond substituents is 2. The van der Waals surface area contributed by atoms with Crippen LogP contribution in [0.15, 0.2) is 27.8 Å². The number of urea groups is 1. The summed E-state index contributed by atoms with van der Waals surface area (Å²) in [6.45, 7) is 1.51. The van der Waals surface area contributed by atoms with Gasteiger partial charge in [0.25, 0.3) is 11.8 Å². The number of amides is 5. The largest absolute Gasteiger partial charge is 0.504 e. The first-order chi connectivity index (χ1) is 23.4. The van der Waals surface area contributed by atoms with Crippen LogP contribution in [0.5, 0.6) is 11.5 Å². The van der Waals surface area contributed by atoms with Crippen LogP contribution in [-0.4, -0.2) is 136 Å². The number of phenols is 2. The van der Waals surface area contributed by atoms with Gasteiger partial charge in [0.05, 0.1) is 18.1 Å². The molecule has 0 radical (unpaired) electrons. The molecule has 0 aliphatic carbocycles. The number of carbonyl (C=O) groups excluding carboxylic acids is 4. The van der Waals surface area contributed by atoms with Gasteiger partial charge in [0.2, 0.25) is 16.4 Å². The van der Waals surface area contributed by atoms with Gasteiger partial charge in [-0.1, -0.05) is 28.5 Å². The predicted molar refractivity (Wildman–Crippen MR) is 175 cm³/mol. The lowest BCUT2D eigenvalue weighted by Crippen LogP contribution is -2.68. The molecule has 0 saturated carbocycles. The summed E-state index contributed by atoms with van der Waals surface area (Å²) in [6.07, 6.45) is 0. The zero-order valence-electron chi connectivity index (χ0n) is 26.1. The Bertz CT molecular complexity index is 1890. The minimum Gasteiger partial charge on any atom is -0.504 e. The molecule has 1 aromatic heterocycles. The number of hydrazone groups is 1. The molecule has 2 aromatic rings. The molecule has 3 fully saturated rings. The molecule has 1 aromatic carbocycles. The van der Waals surface area contributed by atoms with Crippen LogP contribution in [0, 0.1) is 0 Å². The van der Waals surface area contributed by atoms with Crippen molar-refractivity contribution in [2.24, 2.45) is 10.3 Å². The second-order valence-electron chi connectivity index (χ2n) is 11.3. The van der Waals surface area contributed by atoms with E-state index in [2.05, 4.69) is 25.9 Å². The van der Waals surface area contributed by atoms with Crippen molar-refractivity contribution < 1.29 is 54.0 Å². The van der Waals surface area contributed by atoms with Gasteiger partial charge >= 0.3 is 18.0 Å². The van der Waals surface area contributed by atoms with Gasteiger partial charge in [-0.05, 0) is 26.0 Å². The van der Waals surface area contributed by atoms with Crippen LogP contribution in [0.1, 0.15) is 25.1 Å². The van der Waals surface area contributed by atoms with E-state index in [0.29, 0.717) is 11.8 Å². The van der Waals surface area contributed by atoms with E-state index in [0.717, 1.165) is 27.3 Å². The number of oxime groups is 1. The minimum atomic E-state index is -2.04. The second kappa shape index (κ2) is 13.2. The number of aliphatic carboxylic acids is 2. The summed E-state index contributed by atoms with van der Waals surface area (Å²) in [5.41, 5.74) is 2.71. The first-order valence-corrected chi connectivity index (χ1v) is 16.4. The third kappa shape index (κ3) is 6.15. The van der Waals surface area contributed by atoms with Crippen molar-refractivity contribution in [1.29, 1.82) is 0 Å². The van der Waals surface area contributed by atoms with E-state index in [9.17, 15) is 49.2 Å². The monoisotopic (exact) mass is 753 g/mol. The van der Waals surface area contributed by atoms with E-state index in [4.69, 9.17) is 22.2 Å². The molecular formula is C27H28ClN9O11S2. The fraction of sp³-hybridized carbons (Fsp3) is 0.370. The standard InChI is InChI=1S/C27H28ClN9O11S2/c1-26(2,22(43)44)48-34-15(11-8-49-24(29)31-11)19(41)32-16-20(42)35-9-27(23(45)46,50-21(16)35)36-6-7-37(25(36)47)33-14(18(40)30-3)10-4-5-12(38)17(39)13(10)28/h4-5,8,16,21,38-39H,6-7,9H2,1-3H3,(H2,29,31)(H,30,40)(H,32,41)(H,43,44)(H,45,46)/b33-14-,34-15-/t16-,21-,27-/m1/s1. The van der Waals surface area contributed by atoms with Crippen molar-refractivity contribution in [3.8, 4) is 11.5 Å². The molecule has 5 amide bonds. The maximum atomic E-state index is 13.7. The molecule has 5 rings (SSSR count). The number of fused-ring (bicyclic) bond motifs is 1. The van der Waals surface area contributed by atoms with Crippen molar-refractivity contribution in [1.82, 2.24) is 30.4 Å². The Hall–Kier alpha value is -5.35. The van der Waals surface area contributed by atoms with Gasteiger partial charge in [0.15, 0.2) is 28.1 Å². The number of benzene rings is 1. The van der Waals surface area contributed by atoms with E-state index in [1.54, 1.807) is 0 Å². The number of β-lactam (4-membered cyclic amide) rings is 1. The number of nitrogens with zero attached hydrogens (tertiary/aromatic N) is 6. The molecule has 0 bridgehead atoms. The first-order valence-electron chi connectivity index (χ1n) is 14.3. The maximum absolute atomic E-state index is 13.7. The summed E-state index contributed by atoms with van der Waals surface area (Å²) in [6, 6.07) is 0.0189. The van der Waals surface area contributed by atoms with Crippen molar-refractivity contribution in [3.05, 3.63) is 33.8 Å². The number of thioether (sulfide) groups is 1. The Labute approximate surface area is 294 Å². The number of halogens is 1. The van der Waals surface area contributed by atoms with Gasteiger partial charge in [0.1, 0.15) is 17.1 Å². The Morgan fingerprint density at radius 3 is 2.44 bits per heavy atom. The molecule has 3 aliphatic heterocycles. The van der Waals surface area contributed by atoms with Crippen LogP contribution in [0.2, 0.25) is 5.02 Å². The molecule has 266 valence electrons. The molecule has 8 N–H and O–H groups in total. The number of anilines is 1. The maximum Gasteiger partial charge on any atom is 0.350 e. The summed E-state index contributed by atoms with van der Waals surface area (Å²) in [5, 5.41) is 53.1. The van der Waals surface area contributed by atoms with E-state index < -0.39 is 92.1 Å². The number of aromatic nitrogens is 1. The fourth-order valence-electron chi connectivity index (χ4n) is 4.97. The topological polar surface area (TPSA) is 290 Å². The van der Waals surface area contributed by atoms with Crippen LogP contribution in [0.25, 0.3) is 0 Å². The van der Waals surface area contributed by atoms with Gasteiger partial charge in [-0.15, -0.1) is 11.3 Å². The van der Waals surface area contributed by atoms with Crippen molar-refractivity contribution in [3.63, 3.8) is 0 Å². The average Bonchev–Trinajstić information content (AvgIpc) is 3.77.